The molecule has 0 saturated carbocycles. The van der Waals surface area contributed by atoms with Crippen LogP contribution in [0.3, 0.4) is 0 Å². The summed E-state index contributed by atoms with van der Waals surface area (Å²) in [5, 5.41) is 0. The van der Waals surface area contributed by atoms with Gasteiger partial charge in [0.05, 0.1) is 0 Å². The fraction of sp³-hybridized carbons (Fsp3) is 0.625. The number of cyclic esters (lactones) is 4. The third-order valence-corrected chi connectivity index (χ3v) is 3.42. The molecule has 0 aromatic carbocycles. The van der Waals surface area contributed by atoms with Gasteiger partial charge < -0.3 is 18.9 Å². The van der Waals surface area contributed by atoms with Crippen LogP contribution >= 0.6 is 0 Å². The molecule has 0 aromatic heterocycles. The number of ether oxygens (including phenoxy) is 4. The van der Waals surface area contributed by atoms with Crippen LogP contribution < -0.4 is 0 Å². The van der Waals surface area contributed by atoms with Crippen molar-refractivity contribution < 1.29 is 28.5 Å². The summed E-state index contributed by atoms with van der Waals surface area (Å²) in [5.41, 5.74) is 0. The van der Waals surface area contributed by atoms with Crippen molar-refractivity contribution in [1.29, 1.82) is 0 Å². The zero-order valence-corrected chi connectivity index (χ0v) is 12.6. The molecule has 2 saturated heterocycles. The molecule has 0 spiro atoms. The molecule has 2 unspecified atom stereocenters. The van der Waals surface area contributed by atoms with E-state index in [1.54, 1.807) is 0 Å². The fourth-order valence-corrected chi connectivity index (χ4v) is 2.25. The predicted octanol–water partition coefficient (Wildman–Crippen LogP) is 3.51. The zero-order chi connectivity index (χ0) is 15.6. The van der Waals surface area contributed by atoms with Gasteiger partial charge in [0.2, 0.25) is 0 Å². The van der Waals surface area contributed by atoms with E-state index in [1.807, 2.05) is 24.3 Å². The third kappa shape index (κ3) is 6.20. The number of rotatable bonds is 9. The first-order valence-corrected chi connectivity index (χ1v) is 7.74. The van der Waals surface area contributed by atoms with Gasteiger partial charge in [0.25, 0.3) is 0 Å². The van der Waals surface area contributed by atoms with Crippen LogP contribution in [-0.2, 0) is 18.9 Å². The van der Waals surface area contributed by atoms with E-state index < -0.39 is 12.3 Å². The highest BCUT2D eigenvalue weighted by atomic mass is 16.8. The number of carbonyl (C=O) groups is 2. The molecule has 2 rings (SSSR count). The van der Waals surface area contributed by atoms with E-state index in [0.717, 1.165) is 25.7 Å². The van der Waals surface area contributed by atoms with Gasteiger partial charge in [-0.15, -0.1) is 0 Å². The molecular formula is C16H22O6. The van der Waals surface area contributed by atoms with Crippen LogP contribution in [0.2, 0.25) is 0 Å². The summed E-state index contributed by atoms with van der Waals surface area (Å²) in [4.78, 5) is 21.4. The lowest BCUT2D eigenvalue weighted by molar-refractivity contribution is 0.124. The molecule has 122 valence electrons. The number of allylic oxidation sites excluding steroid dienone is 2. The first kappa shape index (κ1) is 16.4. The summed E-state index contributed by atoms with van der Waals surface area (Å²) < 4.78 is 19.1. The first-order chi connectivity index (χ1) is 10.7. The van der Waals surface area contributed by atoms with Crippen LogP contribution in [0.5, 0.6) is 0 Å². The minimum Gasteiger partial charge on any atom is -0.430 e. The Hall–Kier alpha value is -1.98. The summed E-state index contributed by atoms with van der Waals surface area (Å²) in [6, 6.07) is 0. The molecule has 2 heterocycles. The second kappa shape index (κ2) is 9.12. The van der Waals surface area contributed by atoms with Crippen molar-refractivity contribution in [2.24, 2.45) is 0 Å². The van der Waals surface area contributed by atoms with Crippen molar-refractivity contribution in [1.82, 2.24) is 0 Å². The topological polar surface area (TPSA) is 71.1 Å². The normalized spacial score (nSPS) is 24.5. The van der Waals surface area contributed by atoms with Crippen molar-refractivity contribution in [3.05, 3.63) is 24.3 Å². The molecule has 2 aliphatic rings. The molecule has 0 amide bonds. The quantitative estimate of drug-likeness (QED) is 0.369. The van der Waals surface area contributed by atoms with Crippen molar-refractivity contribution in [3.8, 4) is 0 Å². The van der Waals surface area contributed by atoms with Gasteiger partial charge in [0, 0.05) is 0 Å². The lowest BCUT2D eigenvalue weighted by Crippen LogP contribution is -2.04. The molecular weight excluding hydrogens is 288 g/mol. The fourth-order valence-electron chi connectivity index (χ4n) is 2.25. The molecule has 0 aromatic rings. The van der Waals surface area contributed by atoms with Crippen molar-refractivity contribution >= 4 is 12.3 Å². The van der Waals surface area contributed by atoms with Crippen molar-refractivity contribution in [2.75, 3.05) is 13.2 Å². The Morgan fingerprint density at radius 1 is 0.773 bits per heavy atom. The minimum atomic E-state index is -0.582. The number of hydrogen-bond donors (Lipinski definition) is 0. The van der Waals surface area contributed by atoms with Gasteiger partial charge in [0.15, 0.2) is 12.2 Å². The highest BCUT2D eigenvalue weighted by Gasteiger charge is 2.22. The second-order valence-electron chi connectivity index (χ2n) is 5.28. The average Bonchev–Trinajstić information content (AvgIpc) is 3.09. The van der Waals surface area contributed by atoms with Crippen LogP contribution in [0.4, 0.5) is 9.59 Å². The third-order valence-electron chi connectivity index (χ3n) is 3.42. The van der Waals surface area contributed by atoms with Crippen LogP contribution in [0.15, 0.2) is 24.3 Å². The van der Waals surface area contributed by atoms with Gasteiger partial charge in [-0.3, -0.25) is 0 Å². The number of carbonyl (C=O) groups excluding carboxylic acids is 2. The van der Waals surface area contributed by atoms with E-state index >= 15 is 0 Å². The summed E-state index contributed by atoms with van der Waals surface area (Å²) in [6.07, 6.45) is 12.8. The molecule has 22 heavy (non-hydrogen) atoms. The van der Waals surface area contributed by atoms with E-state index in [1.165, 1.54) is 12.8 Å². The Balaban J connectivity index is 1.40. The molecule has 0 radical (unpaired) electrons. The van der Waals surface area contributed by atoms with E-state index in [0.29, 0.717) is 13.2 Å². The Labute approximate surface area is 130 Å². The molecule has 0 N–H and O–H groups in total. The van der Waals surface area contributed by atoms with Gasteiger partial charge in [0.1, 0.15) is 13.2 Å². The lowest BCUT2D eigenvalue weighted by atomic mass is 10.1. The maximum absolute atomic E-state index is 10.7. The highest BCUT2D eigenvalue weighted by molar-refractivity contribution is 5.62. The van der Waals surface area contributed by atoms with Gasteiger partial charge in [-0.2, -0.15) is 0 Å². The van der Waals surface area contributed by atoms with Crippen molar-refractivity contribution in [3.63, 3.8) is 0 Å². The van der Waals surface area contributed by atoms with Gasteiger partial charge in [-0.1, -0.05) is 25.0 Å². The highest BCUT2D eigenvalue weighted by Crippen LogP contribution is 2.11. The number of unbranched alkanes of at least 4 members (excludes halogenated alkanes) is 5. The molecule has 2 fully saturated rings. The molecule has 6 nitrogen and oxygen atoms in total. The molecule has 2 atom stereocenters. The van der Waals surface area contributed by atoms with Gasteiger partial charge in [-0.25, -0.2) is 9.59 Å². The minimum absolute atomic E-state index is 0.216. The van der Waals surface area contributed by atoms with Crippen LogP contribution in [0, 0.1) is 0 Å². The molecule has 6 heteroatoms. The lowest BCUT2D eigenvalue weighted by Gasteiger charge is -2.00. The maximum atomic E-state index is 10.7. The Morgan fingerprint density at radius 3 is 1.59 bits per heavy atom. The van der Waals surface area contributed by atoms with Gasteiger partial charge >= 0.3 is 12.3 Å². The largest absolute Gasteiger partial charge is 0.509 e. The Kier molecular flexibility index (Phi) is 6.80. The van der Waals surface area contributed by atoms with Crippen LogP contribution in [0.1, 0.15) is 38.5 Å². The molecule has 2 aliphatic heterocycles. The van der Waals surface area contributed by atoms with E-state index in [2.05, 4.69) is 9.47 Å². The summed E-state index contributed by atoms with van der Waals surface area (Å²) in [7, 11) is 0. The second-order valence-corrected chi connectivity index (χ2v) is 5.28. The Bertz CT molecular complexity index is 388. The van der Waals surface area contributed by atoms with E-state index in [9.17, 15) is 9.59 Å². The average molecular weight is 310 g/mol. The standard InChI is InChI=1S/C16H22O6/c17-15-19-11-13(21-15)9-7-5-3-1-2-4-6-8-10-14-12-20-16(18)22-14/h7-10,13-14H,1-6,11-12H2/b9-7+,10-8+. The number of hydrogen-bond acceptors (Lipinski definition) is 6. The summed E-state index contributed by atoms with van der Waals surface area (Å²) in [5.74, 6) is 0. The Morgan fingerprint density at radius 2 is 1.23 bits per heavy atom. The summed E-state index contributed by atoms with van der Waals surface area (Å²) >= 11 is 0. The van der Waals surface area contributed by atoms with Gasteiger partial charge in [-0.05, 0) is 37.8 Å². The smallest absolute Gasteiger partial charge is 0.430 e. The predicted molar refractivity (Wildman–Crippen MR) is 78.4 cm³/mol. The maximum Gasteiger partial charge on any atom is 0.509 e. The summed E-state index contributed by atoms with van der Waals surface area (Å²) in [6.45, 7) is 0.645. The van der Waals surface area contributed by atoms with Crippen molar-refractivity contribution in [2.45, 2.75) is 50.7 Å². The van der Waals surface area contributed by atoms with E-state index in [4.69, 9.17) is 9.47 Å². The van der Waals surface area contributed by atoms with Crippen LogP contribution in [-0.4, -0.2) is 37.7 Å². The monoisotopic (exact) mass is 310 g/mol. The van der Waals surface area contributed by atoms with Crippen LogP contribution in [0.25, 0.3) is 0 Å². The molecule has 0 aliphatic carbocycles. The molecule has 0 bridgehead atoms. The van der Waals surface area contributed by atoms with E-state index in [-0.39, 0.29) is 12.2 Å². The SMILES string of the molecule is O=C1OCC(/C=C/CCCCCC/C=C/C2COC(=O)O2)O1. The zero-order valence-electron chi connectivity index (χ0n) is 12.6. The first-order valence-electron chi connectivity index (χ1n) is 7.74.